The lowest BCUT2D eigenvalue weighted by atomic mass is 10.0. The van der Waals surface area contributed by atoms with E-state index in [4.69, 9.17) is 0 Å². The molecule has 0 spiro atoms. The first-order valence-corrected chi connectivity index (χ1v) is 8.66. The Morgan fingerprint density at radius 3 is 2.43 bits per heavy atom. The van der Waals surface area contributed by atoms with Crippen LogP contribution in [0, 0.1) is 0 Å². The summed E-state index contributed by atoms with van der Waals surface area (Å²) in [5, 5.41) is 5.25. The summed E-state index contributed by atoms with van der Waals surface area (Å²) in [6.07, 6.45) is 0.897. The fraction of sp³-hybridized carbons (Fsp3) is 0.150. The molecule has 1 atom stereocenters. The number of nitrogens with zero attached hydrogens (tertiary/aromatic N) is 1. The fourth-order valence-corrected chi connectivity index (χ4v) is 3.42. The van der Waals surface area contributed by atoms with Gasteiger partial charge in [-0.1, -0.05) is 6.07 Å². The summed E-state index contributed by atoms with van der Waals surface area (Å²) in [5.41, 5.74) is 1.95. The molecule has 0 aliphatic carbocycles. The number of benzene rings is 2. The molecular weight excluding hydrogens is 362 g/mol. The molecule has 2 heterocycles. The smallest absolute Gasteiger partial charge is 0.264 e. The number of aldehydes is 1. The molecular formula is C20H15N3O5. The van der Waals surface area contributed by atoms with Crippen molar-refractivity contribution in [2.75, 3.05) is 5.32 Å². The fourth-order valence-electron chi connectivity index (χ4n) is 3.42. The molecule has 4 amide bonds. The van der Waals surface area contributed by atoms with E-state index in [1.54, 1.807) is 36.4 Å². The van der Waals surface area contributed by atoms with Crippen LogP contribution in [-0.2, 0) is 9.59 Å². The number of imide groups is 2. The van der Waals surface area contributed by atoms with Gasteiger partial charge in [-0.05, 0) is 42.8 Å². The van der Waals surface area contributed by atoms with E-state index in [9.17, 15) is 24.0 Å². The van der Waals surface area contributed by atoms with Gasteiger partial charge < -0.3 is 5.32 Å². The molecule has 4 rings (SSSR count). The standard InChI is InChI=1S/C20H15N3O5/c24-10-11-4-6-12(7-5-11)21-14-3-1-2-13-17(14)20(28)23(19(13)27)15-8-9-16(25)22-18(15)26/h1-7,10,15,21H,8-9H2,(H,22,25,26). The minimum absolute atomic E-state index is 0.0675. The first-order valence-electron chi connectivity index (χ1n) is 8.66. The minimum Gasteiger partial charge on any atom is -0.355 e. The Bertz CT molecular complexity index is 1030. The number of carbonyl (C=O) groups excluding carboxylic acids is 5. The molecule has 28 heavy (non-hydrogen) atoms. The SMILES string of the molecule is O=Cc1ccc(Nc2cccc3c2C(=O)N(C2CCC(=O)NC2=O)C3=O)cc1. The zero-order valence-corrected chi connectivity index (χ0v) is 14.6. The maximum Gasteiger partial charge on any atom is 0.264 e. The normalized spacial score (nSPS) is 18.7. The topological polar surface area (TPSA) is 113 Å². The van der Waals surface area contributed by atoms with Gasteiger partial charge in [0.25, 0.3) is 11.8 Å². The first kappa shape index (κ1) is 17.6. The highest BCUT2D eigenvalue weighted by molar-refractivity contribution is 6.25. The molecule has 0 aromatic heterocycles. The van der Waals surface area contributed by atoms with Crippen LogP contribution in [0.4, 0.5) is 11.4 Å². The molecule has 0 radical (unpaired) electrons. The van der Waals surface area contributed by atoms with Crippen LogP contribution in [0.2, 0.25) is 0 Å². The zero-order valence-electron chi connectivity index (χ0n) is 14.6. The highest BCUT2D eigenvalue weighted by atomic mass is 16.2. The van der Waals surface area contributed by atoms with Crippen molar-refractivity contribution in [3.05, 3.63) is 59.2 Å². The third-order valence-electron chi connectivity index (χ3n) is 4.79. The van der Waals surface area contributed by atoms with Crippen molar-refractivity contribution in [2.45, 2.75) is 18.9 Å². The van der Waals surface area contributed by atoms with Crippen molar-refractivity contribution < 1.29 is 24.0 Å². The van der Waals surface area contributed by atoms with Crippen molar-refractivity contribution >= 4 is 41.3 Å². The average Bonchev–Trinajstić information content (AvgIpc) is 2.94. The van der Waals surface area contributed by atoms with Crippen LogP contribution < -0.4 is 10.6 Å². The maximum atomic E-state index is 13.0. The van der Waals surface area contributed by atoms with E-state index in [-0.39, 0.29) is 24.0 Å². The van der Waals surface area contributed by atoms with E-state index in [0.717, 1.165) is 11.2 Å². The zero-order chi connectivity index (χ0) is 19.8. The molecule has 140 valence electrons. The van der Waals surface area contributed by atoms with Gasteiger partial charge in [-0.15, -0.1) is 0 Å². The molecule has 2 N–H and O–H groups in total. The van der Waals surface area contributed by atoms with E-state index < -0.39 is 29.7 Å². The van der Waals surface area contributed by atoms with Crippen molar-refractivity contribution in [1.29, 1.82) is 0 Å². The molecule has 1 unspecified atom stereocenters. The molecule has 8 heteroatoms. The van der Waals surface area contributed by atoms with Crippen LogP contribution >= 0.6 is 0 Å². The summed E-state index contributed by atoms with van der Waals surface area (Å²) in [5.74, 6) is -2.21. The summed E-state index contributed by atoms with van der Waals surface area (Å²) in [6.45, 7) is 0. The molecule has 1 fully saturated rings. The summed E-state index contributed by atoms with van der Waals surface area (Å²) < 4.78 is 0. The number of anilines is 2. The molecule has 0 saturated carbocycles. The number of amides is 4. The highest BCUT2D eigenvalue weighted by Gasteiger charge is 2.45. The third-order valence-corrected chi connectivity index (χ3v) is 4.79. The second-order valence-corrected chi connectivity index (χ2v) is 6.54. The molecule has 2 aliphatic heterocycles. The van der Waals surface area contributed by atoms with E-state index >= 15 is 0 Å². The van der Waals surface area contributed by atoms with Gasteiger partial charge in [-0.3, -0.25) is 34.2 Å². The van der Waals surface area contributed by atoms with E-state index in [2.05, 4.69) is 10.6 Å². The van der Waals surface area contributed by atoms with Crippen LogP contribution in [0.3, 0.4) is 0 Å². The summed E-state index contributed by atoms with van der Waals surface area (Å²) in [7, 11) is 0. The molecule has 0 bridgehead atoms. The first-order chi connectivity index (χ1) is 13.5. The Labute approximate surface area is 159 Å². The highest BCUT2D eigenvalue weighted by Crippen LogP contribution is 2.33. The van der Waals surface area contributed by atoms with E-state index in [0.29, 0.717) is 16.9 Å². The van der Waals surface area contributed by atoms with Crippen LogP contribution in [0.5, 0.6) is 0 Å². The van der Waals surface area contributed by atoms with Crippen LogP contribution in [0.25, 0.3) is 0 Å². The Kier molecular flexibility index (Phi) is 4.23. The van der Waals surface area contributed by atoms with Crippen molar-refractivity contribution in [3.8, 4) is 0 Å². The van der Waals surface area contributed by atoms with Crippen molar-refractivity contribution in [1.82, 2.24) is 10.2 Å². The molecule has 2 aromatic carbocycles. The van der Waals surface area contributed by atoms with Gasteiger partial charge in [0.05, 0.1) is 16.8 Å². The summed E-state index contributed by atoms with van der Waals surface area (Å²) in [4.78, 5) is 61.0. The molecule has 1 saturated heterocycles. The van der Waals surface area contributed by atoms with Gasteiger partial charge in [0.1, 0.15) is 12.3 Å². The van der Waals surface area contributed by atoms with E-state index in [1.165, 1.54) is 6.07 Å². The predicted octanol–water partition coefficient (Wildman–Crippen LogP) is 1.64. The Morgan fingerprint density at radius 1 is 1.00 bits per heavy atom. The summed E-state index contributed by atoms with van der Waals surface area (Å²) >= 11 is 0. The summed E-state index contributed by atoms with van der Waals surface area (Å²) in [6, 6.07) is 10.4. The number of nitrogens with one attached hydrogen (secondary N) is 2. The number of hydrogen-bond donors (Lipinski definition) is 2. The predicted molar refractivity (Wildman–Crippen MR) is 98.2 cm³/mol. The van der Waals surface area contributed by atoms with Gasteiger partial charge >= 0.3 is 0 Å². The minimum atomic E-state index is -1.01. The second kappa shape index (κ2) is 6.73. The maximum absolute atomic E-state index is 13.0. The third kappa shape index (κ3) is 2.84. The lowest BCUT2D eigenvalue weighted by Crippen LogP contribution is -2.54. The Morgan fingerprint density at radius 2 is 1.75 bits per heavy atom. The lowest BCUT2D eigenvalue weighted by Gasteiger charge is -2.27. The van der Waals surface area contributed by atoms with Crippen LogP contribution in [0.1, 0.15) is 43.9 Å². The number of rotatable bonds is 4. The van der Waals surface area contributed by atoms with Gasteiger partial charge in [-0.25, -0.2) is 0 Å². The van der Waals surface area contributed by atoms with Crippen molar-refractivity contribution in [2.24, 2.45) is 0 Å². The molecule has 2 aliphatic rings. The van der Waals surface area contributed by atoms with E-state index in [1.807, 2.05) is 0 Å². The van der Waals surface area contributed by atoms with Crippen LogP contribution in [0.15, 0.2) is 42.5 Å². The molecule has 2 aromatic rings. The number of carbonyl (C=O) groups is 5. The number of fused-ring (bicyclic) bond motifs is 1. The molecule has 8 nitrogen and oxygen atoms in total. The average molecular weight is 377 g/mol. The Hall–Kier alpha value is -3.81. The largest absolute Gasteiger partial charge is 0.355 e. The van der Waals surface area contributed by atoms with Crippen molar-refractivity contribution in [3.63, 3.8) is 0 Å². The second-order valence-electron chi connectivity index (χ2n) is 6.54. The Balaban J connectivity index is 1.66. The lowest BCUT2D eigenvalue weighted by molar-refractivity contribution is -0.136. The van der Waals surface area contributed by atoms with Gasteiger partial charge in [0, 0.05) is 17.7 Å². The van der Waals surface area contributed by atoms with Gasteiger partial charge in [0.15, 0.2) is 0 Å². The quantitative estimate of drug-likeness (QED) is 0.619. The monoisotopic (exact) mass is 377 g/mol. The van der Waals surface area contributed by atoms with Crippen LogP contribution in [-0.4, -0.2) is 40.9 Å². The number of piperidine rings is 1. The van der Waals surface area contributed by atoms with Gasteiger partial charge in [-0.2, -0.15) is 0 Å². The van der Waals surface area contributed by atoms with Gasteiger partial charge in [0.2, 0.25) is 11.8 Å². The number of hydrogen-bond acceptors (Lipinski definition) is 6.